The van der Waals surface area contributed by atoms with Crippen LogP contribution in [0.15, 0.2) is 41.8 Å². The number of carbonyl (C=O) groups excluding carboxylic acids is 1. The van der Waals surface area contributed by atoms with E-state index >= 15 is 0 Å². The molecule has 8 heteroatoms. The van der Waals surface area contributed by atoms with E-state index in [1.807, 2.05) is 34.2 Å². The van der Waals surface area contributed by atoms with E-state index in [4.69, 9.17) is 17.5 Å². The maximum Gasteiger partial charge on any atom is 0.226 e. The van der Waals surface area contributed by atoms with Crippen LogP contribution < -0.4 is 5.32 Å². The largest absolute Gasteiger partial charge is 0.326 e. The maximum absolute atomic E-state index is 12.2. The van der Waals surface area contributed by atoms with Crippen LogP contribution in [-0.4, -0.2) is 20.7 Å². The maximum atomic E-state index is 12.2. The third kappa shape index (κ3) is 4.21. The Morgan fingerprint density at radius 3 is 2.84 bits per heavy atom. The Hall–Kier alpha value is -2.76. The zero-order valence-corrected chi connectivity index (χ0v) is 14.9. The molecule has 0 saturated carbocycles. The summed E-state index contributed by atoms with van der Waals surface area (Å²) in [7, 11) is 0. The molecule has 3 rings (SSSR count). The van der Waals surface area contributed by atoms with E-state index < -0.39 is 0 Å². The standard InChI is InChI=1S/C17H15N5OS2/c18-9-7-12-3-5-13(6-4-12)19-15(23)8-10-22-16(20-21-17(22)24)14-2-1-11-25-14/h1-6,11H,7-8,10H2,(H,19,23)(H,21,24). The van der Waals surface area contributed by atoms with Gasteiger partial charge >= 0.3 is 0 Å². The monoisotopic (exact) mass is 369 g/mol. The highest BCUT2D eigenvalue weighted by Crippen LogP contribution is 2.23. The molecule has 126 valence electrons. The van der Waals surface area contributed by atoms with Gasteiger partial charge in [0.1, 0.15) is 0 Å². The van der Waals surface area contributed by atoms with Gasteiger partial charge in [0, 0.05) is 18.7 Å². The lowest BCUT2D eigenvalue weighted by molar-refractivity contribution is -0.116. The first-order valence-corrected chi connectivity index (χ1v) is 8.91. The minimum absolute atomic E-state index is 0.103. The summed E-state index contributed by atoms with van der Waals surface area (Å²) < 4.78 is 2.33. The Labute approximate surface area is 153 Å². The molecule has 6 nitrogen and oxygen atoms in total. The van der Waals surface area contributed by atoms with Gasteiger partial charge in [-0.3, -0.25) is 14.5 Å². The predicted octanol–water partition coefficient (Wildman–Crippen LogP) is 3.76. The Morgan fingerprint density at radius 2 is 2.16 bits per heavy atom. The summed E-state index contributed by atoms with van der Waals surface area (Å²) in [5.41, 5.74) is 1.63. The van der Waals surface area contributed by atoms with Gasteiger partial charge in [0.05, 0.1) is 17.4 Å². The number of carbonyl (C=O) groups is 1. The number of nitrogens with one attached hydrogen (secondary N) is 2. The molecule has 2 N–H and O–H groups in total. The molecule has 0 atom stereocenters. The second kappa shape index (κ2) is 7.88. The second-order valence-electron chi connectivity index (χ2n) is 5.31. The number of hydrogen-bond donors (Lipinski definition) is 2. The van der Waals surface area contributed by atoms with E-state index in [2.05, 4.69) is 21.6 Å². The van der Waals surface area contributed by atoms with Crippen LogP contribution in [0.2, 0.25) is 0 Å². The zero-order valence-electron chi connectivity index (χ0n) is 13.2. The quantitative estimate of drug-likeness (QED) is 0.648. The number of anilines is 1. The lowest BCUT2D eigenvalue weighted by atomic mass is 10.1. The molecule has 2 heterocycles. The Morgan fingerprint density at radius 1 is 1.36 bits per heavy atom. The molecule has 0 fully saturated rings. The lowest BCUT2D eigenvalue weighted by Crippen LogP contribution is -2.15. The molecular weight excluding hydrogens is 354 g/mol. The van der Waals surface area contributed by atoms with E-state index in [1.54, 1.807) is 23.5 Å². The van der Waals surface area contributed by atoms with Gasteiger partial charge in [-0.15, -0.1) is 11.3 Å². The molecule has 2 aromatic heterocycles. The molecule has 3 aromatic rings. The first kappa shape index (κ1) is 17.1. The molecule has 0 aliphatic rings. The number of amides is 1. The first-order valence-electron chi connectivity index (χ1n) is 7.62. The number of thiophene rings is 1. The average molecular weight is 369 g/mol. The molecule has 0 unspecified atom stereocenters. The summed E-state index contributed by atoms with van der Waals surface area (Å²) in [6, 6.07) is 13.3. The first-order chi connectivity index (χ1) is 12.2. The summed E-state index contributed by atoms with van der Waals surface area (Å²) in [5, 5.41) is 20.5. The van der Waals surface area contributed by atoms with Crippen molar-refractivity contribution in [3.63, 3.8) is 0 Å². The second-order valence-corrected chi connectivity index (χ2v) is 6.65. The van der Waals surface area contributed by atoms with Gasteiger partial charge in [0.2, 0.25) is 5.91 Å². The van der Waals surface area contributed by atoms with E-state index in [0.717, 1.165) is 16.3 Å². The van der Waals surface area contributed by atoms with Crippen molar-refractivity contribution in [2.24, 2.45) is 0 Å². The molecule has 25 heavy (non-hydrogen) atoms. The number of benzene rings is 1. The summed E-state index contributed by atoms with van der Waals surface area (Å²) in [6.45, 7) is 0.445. The van der Waals surface area contributed by atoms with E-state index in [9.17, 15) is 4.79 Å². The molecule has 1 amide bonds. The van der Waals surface area contributed by atoms with Crippen molar-refractivity contribution in [3.05, 3.63) is 52.1 Å². The van der Waals surface area contributed by atoms with Crippen molar-refractivity contribution in [2.45, 2.75) is 19.4 Å². The number of aromatic amines is 1. The van der Waals surface area contributed by atoms with Crippen LogP contribution in [0.1, 0.15) is 12.0 Å². The molecule has 1 aromatic carbocycles. The summed E-state index contributed by atoms with van der Waals surface area (Å²) >= 11 is 6.83. The molecule has 0 aliphatic carbocycles. The van der Waals surface area contributed by atoms with Crippen LogP contribution in [0.4, 0.5) is 5.69 Å². The van der Waals surface area contributed by atoms with Gasteiger partial charge in [-0.2, -0.15) is 10.4 Å². The highest BCUT2D eigenvalue weighted by Gasteiger charge is 2.11. The molecule has 0 saturated heterocycles. The number of hydrogen-bond acceptors (Lipinski definition) is 5. The Balaban J connectivity index is 1.62. The van der Waals surface area contributed by atoms with Crippen molar-refractivity contribution in [2.75, 3.05) is 5.32 Å². The van der Waals surface area contributed by atoms with Crippen LogP contribution in [0, 0.1) is 16.1 Å². The molecule has 0 bridgehead atoms. The van der Waals surface area contributed by atoms with E-state index in [0.29, 0.717) is 23.4 Å². The molecule has 0 spiro atoms. The number of H-pyrrole nitrogens is 1. The molecule has 0 aliphatic heterocycles. The fourth-order valence-electron chi connectivity index (χ4n) is 2.35. The third-order valence-electron chi connectivity index (χ3n) is 3.58. The number of aromatic nitrogens is 3. The van der Waals surface area contributed by atoms with Crippen molar-refractivity contribution in [1.29, 1.82) is 5.26 Å². The van der Waals surface area contributed by atoms with Gasteiger partial charge in [0.25, 0.3) is 0 Å². The minimum Gasteiger partial charge on any atom is -0.326 e. The van der Waals surface area contributed by atoms with Crippen molar-refractivity contribution in [3.8, 4) is 16.8 Å². The van der Waals surface area contributed by atoms with Gasteiger partial charge in [-0.1, -0.05) is 18.2 Å². The highest BCUT2D eigenvalue weighted by atomic mass is 32.1. The fraction of sp³-hybridized carbons (Fsp3) is 0.176. The fourth-order valence-corrected chi connectivity index (χ4v) is 3.30. The molecule has 0 radical (unpaired) electrons. The van der Waals surface area contributed by atoms with Gasteiger partial charge in [-0.25, -0.2) is 0 Å². The normalized spacial score (nSPS) is 10.4. The van der Waals surface area contributed by atoms with Crippen molar-refractivity contribution < 1.29 is 4.79 Å². The van der Waals surface area contributed by atoms with E-state index in [1.165, 1.54) is 0 Å². The topological polar surface area (TPSA) is 86.5 Å². The van der Waals surface area contributed by atoms with Crippen LogP contribution in [0.25, 0.3) is 10.7 Å². The molecular formula is C17H15N5OS2. The summed E-state index contributed by atoms with van der Waals surface area (Å²) in [4.78, 5) is 13.2. The smallest absolute Gasteiger partial charge is 0.226 e. The minimum atomic E-state index is -0.103. The summed E-state index contributed by atoms with van der Waals surface area (Å²) in [5.74, 6) is 0.641. The average Bonchev–Trinajstić information content (AvgIpc) is 3.25. The SMILES string of the molecule is N#CCc1ccc(NC(=O)CCn2c(-c3cccs3)n[nH]c2=S)cc1. The zero-order chi connectivity index (χ0) is 17.6. The lowest BCUT2D eigenvalue weighted by Gasteiger charge is -2.07. The van der Waals surface area contributed by atoms with Gasteiger partial charge in [0.15, 0.2) is 10.6 Å². The van der Waals surface area contributed by atoms with Crippen molar-refractivity contribution >= 4 is 35.1 Å². The van der Waals surface area contributed by atoms with Crippen molar-refractivity contribution in [1.82, 2.24) is 14.8 Å². The van der Waals surface area contributed by atoms with Crippen LogP contribution in [-0.2, 0) is 17.8 Å². The number of nitrogens with zero attached hydrogens (tertiary/aromatic N) is 3. The Bertz CT molecular complexity index is 948. The van der Waals surface area contributed by atoms with Crippen LogP contribution in [0.5, 0.6) is 0 Å². The van der Waals surface area contributed by atoms with Crippen LogP contribution in [0.3, 0.4) is 0 Å². The van der Waals surface area contributed by atoms with E-state index in [-0.39, 0.29) is 12.3 Å². The van der Waals surface area contributed by atoms with Gasteiger partial charge in [-0.05, 0) is 41.4 Å². The predicted molar refractivity (Wildman–Crippen MR) is 99.7 cm³/mol. The van der Waals surface area contributed by atoms with Gasteiger partial charge < -0.3 is 5.32 Å². The highest BCUT2D eigenvalue weighted by molar-refractivity contribution is 7.71. The number of nitriles is 1. The summed E-state index contributed by atoms with van der Waals surface area (Å²) in [6.07, 6.45) is 0.643. The number of rotatable bonds is 6. The van der Waals surface area contributed by atoms with Crippen LogP contribution >= 0.6 is 23.6 Å². The third-order valence-corrected chi connectivity index (χ3v) is 4.76. The Kier molecular flexibility index (Phi) is 5.38.